The highest BCUT2D eigenvalue weighted by Crippen LogP contribution is 2.16. The molecule has 1 aliphatic heterocycles. The summed E-state index contributed by atoms with van der Waals surface area (Å²) in [7, 11) is 0. The SMILES string of the molecule is CC(C(=O)O)n1ccc(C(=O)Nc2ccc(CN3CCCCC3)cc2)n1. The second kappa shape index (κ2) is 8.14. The lowest BCUT2D eigenvalue weighted by Crippen LogP contribution is -2.29. The van der Waals surface area contributed by atoms with E-state index in [0.29, 0.717) is 5.69 Å². The number of carboxylic acid groups (broad SMARTS) is 1. The summed E-state index contributed by atoms with van der Waals surface area (Å²) in [5, 5.41) is 15.8. The Hall–Kier alpha value is -2.67. The smallest absolute Gasteiger partial charge is 0.328 e. The van der Waals surface area contributed by atoms with E-state index >= 15 is 0 Å². The molecule has 1 amide bonds. The van der Waals surface area contributed by atoms with Crippen molar-refractivity contribution in [1.29, 1.82) is 0 Å². The summed E-state index contributed by atoms with van der Waals surface area (Å²) < 4.78 is 1.26. The quantitative estimate of drug-likeness (QED) is 0.831. The van der Waals surface area contributed by atoms with E-state index in [2.05, 4.69) is 15.3 Å². The average molecular weight is 356 g/mol. The molecule has 26 heavy (non-hydrogen) atoms. The van der Waals surface area contributed by atoms with E-state index < -0.39 is 12.0 Å². The Bertz CT molecular complexity index is 763. The molecule has 2 aromatic rings. The van der Waals surface area contributed by atoms with Crippen LogP contribution in [0, 0.1) is 0 Å². The van der Waals surface area contributed by atoms with Gasteiger partial charge in [0.15, 0.2) is 5.69 Å². The number of nitrogens with one attached hydrogen (secondary N) is 1. The highest BCUT2D eigenvalue weighted by Gasteiger charge is 2.17. The minimum atomic E-state index is -0.996. The van der Waals surface area contributed by atoms with Crippen LogP contribution in [0.5, 0.6) is 0 Å². The van der Waals surface area contributed by atoms with Gasteiger partial charge in [0.1, 0.15) is 6.04 Å². The fourth-order valence-electron chi connectivity index (χ4n) is 3.05. The number of likely N-dealkylation sites (tertiary alicyclic amines) is 1. The Balaban J connectivity index is 1.58. The molecule has 2 N–H and O–H groups in total. The van der Waals surface area contributed by atoms with Crippen LogP contribution in [0.4, 0.5) is 5.69 Å². The maximum Gasteiger partial charge on any atom is 0.328 e. The average Bonchev–Trinajstić information content (AvgIpc) is 3.13. The number of carboxylic acids is 1. The number of piperidine rings is 1. The van der Waals surface area contributed by atoms with Crippen molar-refractivity contribution >= 4 is 17.6 Å². The molecular formula is C19H24N4O3. The maximum atomic E-state index is 12.3. The van der Waals surface area contributed by atoms with Crippen molar-refractivity contribution in [1.82, 2.24) is 14.7 Å². The van der Waals surface area contributed by atoms with Crippen molar-refractivity contribution in [2.75, 3.05) is 18.4 Å². The van der Waals surface area contributed by atoms with Crippen molar-refractivity contribution in [3.05, 3.63) is 47.8 Å². The third-order valence-electron chi connectivity index (χ3n) is 4.66. The van der Waals surface area contributed by atoms with Gasteiger partial charge in [0, 0.05) is 18.4 Å². The molecule has 7 nitrogen and oxygen atoms in total. The van der Waals surface area contributed by atoms with E-state index in [1.807, 2.05) is 24.3 Å². The molecule has 1 aromatic carbocycles. The minimum absolute atomic E-state index is 0.190. The molecule has 1 saturated heterocycles. The van der Waals surface area contributed by atoms with Crippen molar-refractivity contribution in [2.45, 2.75) is 38.8 Å². The topological polar surface area (TPSA) is 87.5 Å². The van der Waals surface area contributed by atoms with Crippen LogP contribution in [0.1, 0.15) is 48.3 Å². The highest BCUT2D eigenvalue weighted by atomic mass is 16.4. The normalized spacial score (nSPS) is 16.2. The van der Waals surface area contributed by atoms with Crippen LogP contribution in [0.2, 0.25) is 0 Å². The zero-order chi connectivity index (χ0) is 18.5. The van der Waals surface area contributed by atoms with Gasteiger partial charge in [-0.05, 0) is 56.6 Å². The Morgan fingerprint density at radius 1 is 1.15 bits per heavy atom. The van der Waals surface area contributed by atoms with Gasteiger partial charge in [-0.3, -0.25) is 14.4 Å². The van der Waals surface area contributed by atoms with Crippen molar-refractivity contribution < 1.29 is 14.7 Å². The second-order valence-electron chi connectivity index (χ2n) is 6.68. The molecule has 1 aliphatic rings. The molecule has 7 heteroatoms. The van der Waals surface area contributed by atoms with E-state index in [0.717, 1.165) is 19.6 Å². The van der Waals surface area contributed by atoms with Crippen LogP contribution >= 0.6 is 0 Å². The molecule has 2 heterocycles. The summed E-state index contributed by atoms with van der Waals surface area (Å²) in [6.45, 7) is 4.75. The number of carbonyl (C=O) groups is 2. The van der Waals surface area contributed by atoms with Gasteiger partial charge in [0.2, 0.25) is 0 Å². The molecule has 0 bridgehead atoms. The van der Waals surface area contributed by atoms with E-state index in [4.69, 9.17) is 5.11 Å². The molecule has 0 saturated carbocycles. The third kappa shape index (κ3) is 4.49. The lowest BCUT2D eigenvalue weighted by Gasteiger charge is -2.26. The second-order valence-corrected chi connectivity index (χ2v) is 6.68. The van der Waals surface area contributed by atoms with Crippen LogP contribution in [-0.4, -0.2) is 44.8 Å². The number of carbonyl (C=O) groups excluding carboxylic acids is 1. The highest BCUT2D eigenvalue weighted by molar-refractivity contribution is 6.02. The fraction of sp³-hybridized carbons (Fsp3) is 0.421. The summed E-state index contributed by atoms with van der Waals surface area (Å²) in [5.74, 6) is -1.35. The Morgan fingerprint density at radius 2 is 1.85 bits per heavy atom. The zero-order valence-electron chi connectivity index (χ0n) is 14.9. The molecule has 1 aromatic heterocycles. The fourth-order valence-corrected chi connectivity index (χ4v) is 3.05. The number of aromatic nitrogens is 2. The van der Waals surface area contributed by atoms with E-state index in [9.17, 15) is 9.59 Å². The van der Waals surface area contributed by atoms with Gasteiger partial charge >= 0.3 is 5.97 Å². The molecule has 0 aliphatic carbocycles. The predicted molar refractivity (Wildman–Crippen MR) is 98.1 cm³/mol. The van der Waals surface area contributed by atoms with E-state index in [1.165, 1.54) is 48.7 Å². The lowest BCUT2D eigenvalue weighted by molar-refractivity contribution is -0.140. The first-order valence-electron chi connectivity index (χ1n) is 8.93. The summed E-state index contributed by atoms with van der Waals surface area (Å²) in [4.78, 5) is 25.7. The molecule has 3 rings (SSSR count). The summed E-state index contributed by atoms with van der Waals surface area (Å²) in [6.07, 6.45) is 5.35. The Kier molecular flexibility index (Phi) is 5.68. The van der Waals surface area contributed by atoms with Gasteiger partial charge in [0.05, 0.1) is 0 Å². The lowest BCUT2D eigenvalue weighted by atomic mass is 10.1. The third-order valence-corrected chi connectivity index (χ3v) is 4.66. The number of anilines is 1. The van der Waals surface area contributed by atoms with Crippen LogP contribution in [0.15, 0.2) is 36.5 Å². The number of amides is 1. The maximum absolute atomic E-state index is 12.3. The van der Waals surface area contributed by atoms with Gasteiger partial charge in [0.25, 0.3) is 5.91 Å². The largest absolute Gasteiger partial charge is 0.480 e. The number of hydrogen-bond donors (Lipinski definition) is 2. The number of rotatable bonds is 6. The number of aliphatic carboxylic acids is 1. The van der Waals surface area contributed by atoms with Crippen LogP contribution in [-0.2, 0) is 11.3 Å². The molecule has 138 valence electrons. The van der Waals surface area contributed by atoms with Gasteiger partial charge in [-0.2, -0.15) is 5.10 Å². The summed E-state index contributed by atoms with van der Waals surface area (Å²) >= 11 is 0. The number of hydrogen-bond acceptors (Lipinski definition) is 4. The summed E-state index contributed by atoms with van der Waals surface area (Å²) in [6, 6.07) is 8.51. The first-order valence-corrected chi connectivity index (χ1v) is 8.93. The van der Waals surface area contributed by atoms with Gasteiger partial charge in [-0.1, -0.05) is 18.6 Å². The van der Waals surface area contributed by atoms with Crippen LogP contribution in [0.25, 0.3) is 0 Å². The monoisotopic (exact) mass is 356 g/mol. The van der Waals surface area contributed by atoms with E-state index in [-0.39, 0.29) is 11.6 Å². The Morgan fingerprint density at radius 3 is 2.50 bits per heavy atom. The van der Waals surface area contributed by atoms with Crippen molar-refractivity contribution in [2.24, 2.45) is 0 Å². The molecule has 0 radical (unpaired) electrons. The number of benzene rings is 1. The van der Waals surface area contributed by atoms with Gasteiger partial charge < -0.3 is 10.4 Å². The molecule has 1 unspecified atom stereocenters. The minimum Gasteiger partial charge on any atom is -0.480 e. The van der Waals surface area contributed by atoms with Gasteiger partial charge in [-0.15, -0.1) is 0 Å². The molecular weight excluding hydrogens is 332 g/mol. The van der Waals surface area contributed by atoms with Crippen LogP contribution < -0.4 is 5.32 Å². The molecule has 0 spiro atoms. The first kappa shape index (κ1) is 18.1. The van der Waals surface area contributed by atoms with Crippen molar-refractivity contribution in [3.8, 4) is 0 Å². The molecule has 1 fully saturated rings. The zero-order valence-corrected chi connectivity index (χ0v) is 14.9. The van der Waals surface area contributed by atoms with Gasteiger partial charge in [-0.25, -0.2) is 4.79 Å². The van der Waals surface area contributed by atoms with Crippen molar-refractivity contribution in [3.63, 3.8) is 0 Å². The molecule has 1 atom stereocenters. The van der Waals surface area contributed by atoms with Crippen LogP contribution in [0.3, 0.4) is 0 Å². The first-order chi connectivity index (χ1) is 12.5. The number of nitrogens with zero attached hydrogens (tertiary/aromatic N) is 3. The standard InChI is InChI=1S/C19H24N4O3/c1-14(19(25)26)23-12-9-17(21-23)18(24)20-16-7-5-15(6-8-16)13-22-10-3-2-4-11-22/h5-9,12,14H,2-4,10-11,13H2,1H3,(H,20,24)(H,25,26). The predicted octanol–water partition coefficient (Wildman–Crippen LogP) is 2.77. The Labute approximate surface area is 152 Å². The van der Waals surface area contributed by atoms with E-state index in [1.54, 1.807) is 0 Å². The summed E-state index contributed by atoms with van der Waals surface area (Å²) in [5.41, 5.74) is 2.11.